The van der Waals surface area contributed by atoms with Gasteiger partial charge in [-0.05, 0) is 43.0 Å². The molecule has 0 bridgehead atoms. The second-order valence-electron chi connectivity index (χ2n) is 6.18. The van der Waals surface area contributed by atoms with Crippen molar-refractivity contribution < 1.29 is 9.72 Å². The smallest absolute Gasteiger partial charge is 0.284 e. The number of hydrogen-bond donors (Lipinski definition) is 1. The highest BCUT2D eigenvalue weighted by Crippen LogP contribution is 2.34. The van der Waals surface area contributed by atoms with E-state index in [-0.39, 0.29) is 17.2 Å². The first-order valence-corrected chi connectivity index (χ1v) is 10.5. The molecule has 0 spiro atoms. The lowest BCUT2D eigenvalue weighted by molar-refractivity contribution is -0.387. The van der Waals surface area contributed by atoms with Crippen molar-refractivity contribution in [2.75, 3.05) is 12.3 Å². The zero-order valence-electron chi connectivity index (χ0n) is 15.9. The minimum Gasteiger partial charge on any atom is -0.351 e. The van der Waals surface area contributed by atoms with Gasteiger partial charge in [-0.1, -0.05) is 17.7 Å². The lowest BCUT2D eigenvalue weighted by atomic mass is 10.2. The number of nitro groups is 1. The fourth-order valence-electron chi connectivity index (χ4n) is 2.42. The van der Waals surface area contributed by atoms with Crippen molar-refractivity contribution >= 4 is 35.1 Å². The van der Waals surface area contributed by atoms with Crippen LogP contribution in [0, 0.1) is 17.0 Å². The standard InChI is InChI=1S/C19H19N5O3S2/c1-13-3-6-15(7-4-13)28-10-9-20-18(25)14-5-8-17(16(11-14)24(26)27)29-19-22-21-12-23(19)2/h3-8,11-12H,9-10H2,1-2H3,(H,20,25). The first kappa shape index (κ1) is 20.9. The van der Waals surface area contributed by atoms with Crippen LogP contribution in [0.15, 0.2) is 63.7 Å². The second-order valence-corrected chi connectivity index (χ2v) is 8.36. The number of rotatable bonds is 8. The van der Waals surface area contributed by atoms with Crippen LogP contribution >= 0.6 is 23.5 Å². The predicted molar refractivity (Wildman–Crippen MR) is 112 cm³/mol. The van der Waals surface area contributed by atoms with Crippen LogP contribution < -0.4 is 5.32 Å². The quantitative estimate of drug-likeness (QED) is 0.252. The zero-order chi connectivity index (χ0) is 20.8. The Morgan fingerprint density at radius 2 is 2.00 bits per heavy atom. The Hall–Kier alpha value is -2.85. The number of nitro benzene ring substituents is 1. The molecule has 29 heavy (non-hydrogen) atoms. The van der Waals surface area contributed by atoms with Gasteiger partial charge in [0, 0.05) is 35.9 Å². The summed E-state index contributed by atoms with van der Waals surface area (Å²) in [5.74, 6) is 0.365. The van der Waals surface area contributed by atoms with E-state index in [4.69, 9.17) is 0 Å². The van der Waals surface area contributed by atoms with Gasteiger partial charge in [-0.25, -0.2) is 0 Å². The monoisotopic (exact) mass is 429 g/mol. The summed E-state index contributed by atoms with van der Waals surface area (Å²) in [6.45, 7) is 2.49. The van der Waals surface area contributed by atoms with E-state index < -0.39 is 4.92 Å². The zero-order valence-corrected chi connectivity index (χ0v) is 17.5. The van der Waals surface area contributed by atoms with Gasteiger partial charge in [0.25, 0.3) is 11.6 Å². The van der Waals surface area contributed by atoms with Gasteiger partial charge in [-0.15, -0.1) is 22.0 Å². The van der Waals surface area contributed by atoms with Crippen LogP contribution in [0.3, 0.4) is 0 Å². The van der Waals surface area contributed by atoms with Gasteiger partial charge in [0.05, 0.1) is 9.82 Å². The van der Waals surface area contributed by atoms with E-state index >= 15 is 0 Å². The minimum atomic E-state index is -0.497. The molecule has 0 unspecified atom stereocenters. The van der Waals surface area contributed by atoms with Crippen LogP contribution in [0.1, 0.15) is 15.9 Å². The third-order valence-electron chi connectivity index (χ3n) is 3.97. The largest absolute Gasteiger partial charge is 0.351 e. The number of aromatic nitrogens is 3. The van der Waals surface area contributed by atoms with Gasteiger partial charge >= 0.3 is 0 Å². The van der Waals surface area contributed by atoms with E-state index in [9.17, 15) is 14.9 Å². The van der Waals surface area contributed by atoms with Crippen molar-refractivity contribution in [1.29, 1.82) is 0 Å². The van der Waals surface area contributed by atoms with E-state index in [2.05, 4.69) is 15.5 Å². The number of carbonyl (C=O) groups is 1. The number of nitrogens with one attached hydrogen (secondary N) is 1. The maximum Gasteiger partial charge on any atom is 0.284 e. The molecule has 1 N–H and O–H groups in total. The molecule has 0 atom stereocenters. The van der Waals surface area contributed by atoms with Crippen LogP contribution in [-0.4, -0.2) is 37.9 Å². The number of amides is 1. The lowest BCUT2D eigenvalue weighted by Crippen LogP contribution is -2.25. The van der Waals surface area contributed by atoms with Crippen molar-refractivity contribution in [3.05, 3.63) is 70.0 Å². The normalized spacial score (nSPS) is 10.7. The highest BCUT2D eigenvalue weighted by atomic mass is 32.2. The minimum absolute atomic E-state index is 0.139. The molecule has 10 heteroatoms. The highest BCUT2D eigenvalue weighted by molar-refractivity contribution is 7.99. The Morgan fingerprint density at radius 3 is 2.66 bits per heavy atom. The number of hydrogen-bond acceptors (Lipinski definition) is 7. The summed E-state index contributed by atoms with van der Waals surface area (Å²) >= 11 is 2.77. The summed E-state index contributed by atoms with van der Waals surface area (Å²) < 4.78 is 1.67. The summed E-state index contributed by atoms with van der Waals surface area (Å²) in [6.07, 6.45) is 1.52. The van der Waals surface area contributed by atoms with E-state index in [1.807, 2.05) is 31.2 Å². The Kier molecular flexibility index (Phi) is 6.89. The van der Waals surface area contributed by atoms with Crippen LogP contribution in [0.4, 0.5) is 5.69 Å². The number of aryl methyl sites for hydroxylation is 2. The Morgan fingerprint density at radius 1 is 1.24 bits per heavy atom. The molecule has 1 aromatic heterocycles. The molecule has 0 aliphatic rings. The predicted octanol–water partition coefficient (Wildman–Crippen LogP) is 3.71. The van der Waals surface area contributed by atoms with Crippen molar-refractivity contribution in [3.63, 3.8) is 0 Å². The van der Waals surface area contributed by atoms with Crippen molar-refractivity contribution in [2.24, 2.45) is 7.05 Å². The maximum atomic E-state index is 12.4. The van der Waals surface area contributed by atoms with Gasteiger partial charge in [-0.3, -0.25) is 14.9 Å². The van der Waals surface area contributed by atoms with Gasteiger partial charge < -0.3 is 9.88 Å². The maximum absolute atomic E-state index is 12.4. The number of benzene rings is 2. The average molecular weight is 430 g/mol. The molecule has 3 aromatic rings. The van der Waals surface area contributed by atoms with E-state index in [0.717, 1.165) is 16.7 Å². The number of thioether (sulfide) groups is 1. The molecule has 0 saturated carbocycles. The van der Waals surface area contributed by atoms with Crippen LogP contribution in [0.25, 0.3) is 0 Å². The second kappa shape index (κ2) is 9.57. The SMILES string of the molecule is Cc1ccc(SCCNC(=O)c2ccc(Sc3nncn3C)c([N+](=O)[O-])c2)cc1. The van der Waals surface area contributed by atoms with Crippen molar-refractivity contribution in [1.82, 2.24) is 20.1 Å². The lowest BCUT2D eigenvalue weighted by Gasteiger charge is -2.07. The first-order chi connectivity index (χ1) is 13.9. The number of nitrogens with zero attached hydrogens (tertiary/aromatic N) is 4. The summed E-state index contributed by atoms with van der Waals surface area (Å²) in [5.41, 5.74) is 1.31. The van der Waals surface area contributed by atoms with Crippen LogP contribution in [-0.2, 0) is 7.05 Å². The molecule has 0 radical (unpaired) electrons. The van der Waals surface area contributed by atoms with E-state index in [1.54, 1.807) is 35.5 Å². The van der Waals surface area contributed by atoms with E-state index in [1.165, 1.54) is 18.0 Å². The topological polar surface area (TPSA) is 103 Å². The summed E-state index contributed by atoms with van der Waals surface area (Å²) in [6, 6.07) is 12.6. The summed E-state index contributed by atoms with van der Waals surface area (Å²) in [7, 11) is 1.75. The van der Waals surface area contributed by atoms with Gasteiger partial charge in [0.1, 0.15) is 6.33 Å². The third kappa shape index (κ3) is 5.58. The molecule has 0 fully saturated rings. The van der Waals surface area contributed by atoms with Crippen molar-refractivity contribution in [3.8, 4) is 0 Å². The van der Waals surface area contributed by atoms with Gasteiger partial charge in [0.15, 0.2) is 5.16 Å². The molecule has 150 valence electrons. The van der Waals surface area contributed by atoms with Crippen molar-refractivity contribution in [2.45, 2.75) is 21.9 Å². The van der Waals surface area contributed by atoms with E-state index in [0.29, 0.717) is 22.3 Å². The van der Waals surface area contributed by atoms with Gasteiger partial charge in [0.2, 0.25) is 0 Å². The fraction of sp³-hybridized carbons (Fsp3) is 0.211. The number of carbonyl (C=O) groups excluding carboxylic acids is 1. The molecule has 1 amide bonds. The fourth-order valence-corrected chi connectivity index (χ4v) is 4.04. The Labute approximate surface area is 176 Å². The average Bonchev–Trinajstić information content (AvgIpc) is 3.11. The molecule has 8 nitrogen and oxygen atoms in total. The molecule has 3 rings (SSSR count). The molecule has 1 heterocycles. The molecular weight excluding hydrogens is 410 g/mol. The molecule has 0 aliphatic heterocycles. The first-order valence-electron chi connectivity index (χ1n) is 8.72. The Balaban J connectivity index is 1.61. The molecule has 0 aliphatic carbocycles. The van der Waals surface area contributed by atoms with Crippen LogP contribution in [0.5, 0.6) is 0 Å². The Bertz CT molecular complexity index is 1020. The van der Waals surface area contributed by atoms with Crippen LogP contribution in [0.2, 0.25) is 0 Å². The third-order valence-corrected chi connectivity index (χ3v) is 6.10. The van der Waals surface area contributed by atoms with Gasteiger partial charge in [-0.2, -0.15) is 0 Å². The molecule has 0 saturated heterocycles. The summed E-state index contributed by atoms with van der Waals surface area (Å²) in [5, 5.41) is 22.5. The molecule has 2 aromatic carbocycles. The summed E-state index contributed by atoms with van der Waals surface area (Å²) in [4.78, 5) is 24.9. The molecular formula is C19H19N5O3S2. The highest BCUT2D eigenvalue weighted by Gasteiger charge is 2.20.